The van der Waals surface area contributed by atoms with Gasteiger partial charge < -0.3 is 14.9 Å². The molecule has 0 aromatic carbocycles. The smallest absolute Gasteiger partial charge is 0.339 e. The molecular weight excluding hydrogens is 244 g/mol. The molecule has 0 spiro atoms. The maximum absolute atomic E-state index is 10.9. The Hall–Kier alpha value is -1.69. The molecule has 1 fully saturated rings. The van der Waals surface area contributed by atoms with Gasteiger partial charge in [0.2, 0.25) is 5.95 Å². The zero-order valence-electron chi connectivity index (χ0n) is 11.6. The number of hydrogen-bond acceptors (Lipinski definition) is 5. The summed E-state index contributed by atoms with van der Waals surface area (Å²) in [7, 11) is 4.08. The molecule has 1 saturated heterocycles. The molecule has 0 aliphatic carbocycles. The van der Waals surface area contributed by atoms with Crippen LogP contribution in [0.4, 0.5) is 5.95 Å². The Labute approximate surface area is 113 Å². The average molecular weight is 264 g/mol. The van der Waals surface area contributed by atoms with Crippen LogP contribution < -0.4 is 4.90 Å². The van der Waals surface area contributed by atoms with Gasteiger partial charge in [0.15, 0.2) is 0 Å². The molecule has 1 aliphatic heterocycles. The van der Waals surface area contributed by atoms with E-state index in [1.54, 1.807) is 6.92 Å². The summed E-state index contributed by atoms with van der Waals surface area (Å²) in [4.78, 5) is 23.7. The highest BCUT2D eigenvalue weighted by atomic mass is 16.4. The Morgan fingerprint density at radius 3 is 2.89 bits per heavy atom. The van der Waals surface area contributed by atoms with Crippen LogP contribution in [0.3, 0.4) is 0 Å². The maximum atomic E-state index is 10.9. The van der Waals surface area contributed by atoms with E-state index in [0.717, 1.165) is 19.6 Å². The van der Waals surface area contributed by atoms with E-state index >= 15 is 0 Å². The van der Waals surface area contributed by atoms with Gasteiger partial charge in [0.25, 0.3) is 0 Å². The number of hydrogen-bond donors (Lipinski definition) is 1. The van der Waals surface area contributed by atoms with E-state index in [2.05, 4.69) is 21.9 Å². The summed E-state index contributed by atoms with van der Waals surface area (Å²) in [6, 6.07) is 0. The van der Waals surface area contributed by atoms with Crippen LogP contribution in [-0.4, -0.2) is 59.7 Å². The van der Waals surface area contributed by atoms with Gasteiger partial charge in [-0.15, -0.1) is 0 Å². The number of carbonyl (C=O) groups is 1. The minimum Gasteiger partial charge on any atom is -0.478 e. The van der Waals surface area contributed by atoms with Gasteiger partial charge in [0, 0.05) is 26.3 Å². The van der Waals surface area contributed by atoms with E-state index in [4.69, 9.17) is 5.11 Å². The van der Waals surface area contributed by atoms with Gasteiger partial charge in [-0.2, -0.15) is 0 Å². The Bertz CT molecular complexity index is 478. The highest BCUT2D eigenvalue weighted by Gasteiger charge is 2.22. The summed E-state index contributed by atoms with van der Waals surface area (Å²) in [5, 5.41) is 8.95. The van der Waals surface area contributed by atoms with Gasteiger partial charge in [-0.3, -0.25) is 0 Å². The molecule has 104 valence electrons. The molecule has 1 aliphatic rings. The molecule has 6 nitrogen and oxygen atoms in total. The predicted molar refractivity (Wildman–Crippen MR) is 72.6 cm³/mol. The third-order valence-electron chi connectivity index (χ3n) is 3.56. The number of carboxylic acid groups (broad SMARTS) is 1. The normalized spacial score (nSPS) is 19.6. The van der Waals surface area contributed by atoms with Gasteiger partial charge in [-0.25, -0.2) is 14.8 Å². The molecule has 1 atom stereocenters. The molecule has 2 heterocycles. The van der Waals surface area contributed by atoms with Crippen LogP contribution in [0.15, 0.2) is 6.20 Å². The third-order valence-corrected chi connectivity index (χ3v) is 3.56. The lowest BCUT2D eigenvalue weighted by Crippen LogP contribution is -2.29. The number of aromatic nitrogens is 2. The molecule has 2 rings (SSSR count). The molecule has 0 saturated carbocycles. The molecular formula is C13H20N4O2. The zero-order chi connectivity index (χ0) is 14.0. The molecule has 1 N–H and O–H groups in total. The minimum absolute atomic E-state index is 0.165. The molecule has 0 amide bonds. The highest BCUT2D eigenvalue weighted by Crippen LogP contribution is 2.18. The topological polar surface area (TPSA) is 69.6 Å². The summed E-state index contributed by atoms with van der Waals surface area (Å²) >= 11 is 0. The SMILES string of the molecule is Cc1nc(N(C)CC2CCN(C)C2)ncc1C(=O)O. The Balaban J connectivity index is 2.05. The fourth-order valence-electron chi connectivity index (χ4n) is 2.49. The maximum Gasteiger partial charge on any atom is 0.339 e. The zero-order valence-corrected chi connectivity index (χ0v) is 11.6. The van der Waals surface area contributed by atoms with Gasteiger partial charge in [-0.1, -0.05) is 0 Å². The first kappa shape index (κ1) is 13.7. The summed E-state index contributed by atoms with van der Waals surface area (Å²) in [6.45, 7) is 4.83. The van der Waals surface area contributed by atoms with E-state index < -0.39 is 5.97 Å². The van der Waals surface area contributed by atoms with Crippen molar-refractivity contribution in [3.63, 3.8) is 0 Å². The van der Waals surface area contributed by atoms with Crippen molar-refractivity contribution in [3.8, 4) is 0 Å². The first-order chi connectivity index (χ1) is 8.97. The summed E-state index contributed by atoms with van der Waals surface area (Å²) in [5.41, 5.74) is 0.672. The molecule has 19 heavy (non-hydrogen) atoms. The molecule has 1 aromatic rings. The van der Waals surface area contributed by atoms with Crippen molar-refractivity contribution in [2.24, 2.45) is 5.92 Å². The summed E-state index contributed by atoms with van der Waals surface area (Å²) < 4.78 is 0. The number of anilines is 1. The largest absolute Gasteiger partial charge is 0.478 e. The molecule has 1 aromatic heterocycles. The van der Waals surface area contributed by atoms with Crippen molar-refractivity contribution in [3.05, 3.63) is 17.5 Å². The van der Waals surface area contributed by atoms with Crippen molar-refractivity contribution in [1.29, 1.82) is 0 Å². The number of aryl methyl sites for hydroxylation is 1. The van der Waals surface area contributed by atoms with E-state index in [1.807, 2.05) is 11.9 Å². The lowest BCUT2D eigenvalue weighted by molar-refractivity contribution is 0.0695. The van der Waals surface area contributed by atoms with Crippen LogP contribution in [0.25, 0.3) is 0 Å². The van der Waals surface area contributed by atoms with Gasteiger partial charge in [0.05, 0.1) is 11.3 Å². The van der Waals surface area contributed by atoms with Crippen LogP contribution in [0.5, 0.6) is 0 Å². The average Bonchev–Trinajstić information content (AvgIpc) is 2.74. The van der Waals surface area contributed by atoms with Crippen LogP contribution in [0.1, 0.15) is 22.5 Å². The van der Waals surface area contributed by atoms with Crippen LogP contribution >= 0.6 is 0 Å². The Kier molecular flexibility index (Phi) is 3.99. The summed E-state index contributed by atoms with van der Waals surface area (Å²) in [6.07, 6.45) is 2.57. The van der Waals surface area contributed by atoms with E-state index in [9.17, 15) is 4.79 Å². The van der Waals surface area contributed by atoms with Gasteiger partial charge >= 0.3 is 5.97 Å². The third kappa shape index (κ3) is 3.20. The lowest BCUT2D eigenvalue weighted by Gasteiger charge is -2.21. The van der Waals surface area contributed by atoms with E-state index in [-0.39, 0.29) is 5.56 Å². The second-order valence-corrected chi connectivity index (χ2v) is 5.27. The summed E-state index contributed by atoms with van der Waals surface area (Å²) in [5.74, 6) is 0.235. The number of rotatable bonds is 4. The predicted octanol–water partition coefficient (Wildman–Crippen LogP) is 0.871. The standard InChI is InChI=1S/C13H20N4O2/c1-9-11(12(18)19)6-14-13(15-9)17(3)8-10-4-5-16(2)7-10/h6,10H,4-5,7-8H2,1-3H3,(H,18,19). The number of likely N-dealkylation sites (tertiary alicyclic amines) is 1. The van der Waals surface area contributed by atoms with Crippen molar-refractivity contribution in [1.82, 2.24) is 14.9 Å². The van der Waals surface area contributed by atoms with Crippen molar-refractivity contribution >= 4 is 11.9 Å². The van der Waals surface area contributed by atoms with Crippen LogP contribution in [0.2, 0.25) is 0 Å². The van der Waals surface area contributed by atoms with E-state index in [0.29, 0.717) is 17.6 Å². The second-order valence-electron chi connectivity index (χ2n) is 5.27. The van der Waals surface area contributed by atoms with Gasteiger partial charge in [0.1, 0.15) is 0 Å². The van der Waals surface area contributed by atoms with Crippen molar-refractivity contribution in [2.45, 2.75) is 13.3 Å². The number of aromatic carboxylic acids is 1. The quantitative estimate of drug-likeness (QED) is 0.870. The molecule has 0 bridgehead atoms. The number of nitrogens with zero attached hydrogens (tertiary/aromatic N) is 4. The fourth-order valence-corrected chi connectivity index (χ4v) is 2.49. The van der Waals surface area contributed by atoms with E-state index in [1.165, 1.54) is 12.6 Å². The highest BCUT2D eigenvalue weighted by molar-refractivity contribution is 5.88. The number of carboxylic acids is 1. The van der Waals surface area contributed by atoms with Gasteiger partial charge in [-0.05, 0) is 32.9 Å². The molecule has 0 radical (unpaired) electrons. The minimum atomic E-state index is -0.982. The Morgan fingerprint density at radius 1 is 1.63 bits per heavy atom. The lowest BCUT2D eigenvalue weighted by atomic mass is 10.1. The van der Waals surface area contributed by atoms with Crippen molar-refractivity contribution < 1.29 is 9.90 Å². The molecule has 6 heteroatoms. The first-order valence-corrected chi connectivity index (χ1v) is 6.44. The monoisotopic (exact) mass is 264 g/mol. The first-order valence-electron chi connectivity index (χ1n) is 6.44. The van der Waals surface area contributed by atoms with Crippen LogP contribution in [0, 0.1) is 12.8 Å². The second kappa shape index (κ2) is 5.52. The Morgan fingerprint density at radius 2 is 2.37 bits per heavy atom. The van der Waals surface area contributed by atoms with Crippen molar-refractivity contribution in [2.75, 3.05) is 38.6 Å². The fraction of sp³-hybridized carbons (Fsp3) is 0.615. The van der Waals surface area contributed by atoms with Crippen LogP contribution in [-0.2, 0) is 0 Å². The molecule has 1 unspecified atom stereocenters.